The smallest absolute Gasteiger partial charge is 0.251 e. The number of nitrogens with two attached hydrogens (primary N) is 1. The number of benzene rings is 2. The van der Waals surface area contributed by atoms with Crippen LogP contribution in [0.25, 0.3) is 0 Å². The number of amides is 1. The molecular formula is C14H12BrFN2O2. The highest BCUT2D eigenvalue weighted by Crippen LogP contribution is 2.31. The summed E-state index contributed by atoms with van der Waals surface area (Å²) >= 11 is 3.16. The maximum absolute atomic E-state index is 13.7. The molecule has 2 rings (SSSR count). The van der Waals surface area contributed by atoms with E-state index < -0.39 is 5.82 Å². The molecular weight excluding hydrogens is 327 g/mol. The minimum atomic E-state index is -0.524. The normalized spacial score (nSPS) is 10.2. The number of carbonyl (C=O) groups is 1. The molecule has 104 valence electrons. The Morgan fingerprint density at radius 3 is 2.65 bits per heavy atom. The van der Waals surface area contributed by atoms with Crippen molar-refractivity contribution in [2.45, 2.75) is 0 Å². The van der Waals surface area contributed by atoms with Gasteiger partial charge in [-0.2, -0.15) is 0 Å². The molecule has 0 aliphatic heterocycles. The molecule has 4 nitrogen and oxygen atoms in total. The zero-order valence-corrected chi connectivity index (χ0v) is 12.2. The van der Waals surface area contributed by atoms with E-state index in [1.807, 2.05) is 0 Å². The molecule has 20 heavy (non-hydrogen) atoms. The second-order valence-corrected chi connectivity index (χ2v) is 4.92. The molecule has 0 unspecified atom stereocenters. The van der Waals surface area contributed by atoms with E-state index in [2.05, 4.69) is 21.2 Å². The summed E-state index contributed by atoms with van der Waals surface area (Å²) in [5.74, 6) is -0.531. The van der Waals surface area contributed by atoms with E-state index in [9.17, 15) is 9.18 Å². The first kappa shape index (κ1) is 14.3. The van der Waals surface area contributed by atoms with Crippen LogP contribution in [0, 0.1) is 5.82 Å². The van der Waals surface area contributed by atoms with E-state index in [1.54, 1.807) is 12.1 Å². The summed E-state index contributed by atoms with van der Waals surface area (Å²) < 4.78 is 19.8. The Labute approximate surface area is 123 Å². The van der Waals surface area contributed by atoms with Crippen molar-refractivity contribution in [3.05, 3.63) is 52.3 Å². The molecule has 0 spiro atoms. The predicted molar refractivity (Wildman–Crippen MR) is 78.4 cm³/mol. The van der Waals surface area contributed by atoms with Crippen LogP contribution in [0.3, 0.4) is 0 Å². The maximum Gasteiger partial charge on any atom is 0.251 e. The van der Waals surface area contributed by atoms with Gasteiger partial charge in [-0.15, -0.1) is 0 Å². The molecule has 0 fully saturated rings. The van der Waals surface area contributed by atoms with Crippen molar-refractivity contribution in [2.75, 3.05) is 12.8 Å². The van der Waals surface area contributed by atoms with Gasteiger partial charge in [0.2, 0.25) is 0 Å². The number of anilines is 1. The predicted octanol–water partition coefficient (Wildman–Crippen LogP) is 3.32. The van der Waals surface area contributed by atoms with Crippen molar-refractivity contribution in [2.24, 2.45) is 0 Å². The first-order valence-electron chi connectivity index (χ1n) is 5.76. The lowest BCUT2D eigenvalue weighted by Crippen LogP contribution is -2.17. The lowest BCUT2D eigenvalue weighted by atomic mass is 10.2. The minimum Gasteiger partial charge on any atom is -0.452 e. The Morgan fingerprint density at radius 2 is 2.00 bits per heavy atom. The lowest BCUT2D eigenvalue weighted by Gasteiger charge is -2.11. The van der Waals surface area contributed by atoms with Crippen molar-refractivity contribution < 1.29 is 13.9 Å². The highest BCUT2D eigenvalue weighted by molar-refractivity contribution is 9.10. The van der Waals surface area contributed by atoms with E-state index in [0.29, 0.717) is 15.7 Å². The number of hydrogen-bond donors (Lipinski definition) is 2. The largest absolute Gasteiger partial charge is 0.452 e. The first-order chi connectivity index (χ1) is 9.51. The van der Waals surface area contributed by atoms with Gasteiger partial charge in [0.25, 0.3) is 5.91 Å². The Kier molecular flexibility index (Phi) is 4.24. The third-order valence-corrected chi connectivity index (χ3v) is 3.11. The van der Waals surface area contributed by atoms with E-state index in [1.165, 1.54) is 31.3 Å². The fourth-order valence-electron chi connectivity index (χ4n) is 1.58. The van der Waals surface area contributed by atoms with Crippen molar-refractivity contribution in [1.82, 2.24) is 5.32 Å². The zero-order valence-electron chi connectivity index (χ0n) is 10.6. The molecule has 6 heteroatoms. The van der Waals surface area contributed by atoms with Crippen molar-refractivity contribution in [3.63, 3.8) is 0 Å². The molecule has 0 saturated heterocycles. The molecule has 0 bridgehead atoms. The average Bonchev–Trinajstić information content (AvgIpc) is 2.43. The lowest BCUT2D eigenvalue weighted by molar-refractivity contribution is 0.0963. The molecule has 0 radical (unpaired) electrons. The number of halogens is 2. The van der Waals surface area contributed by atoms with Crippen molar-refractivity contribution in [3.8, 4) is 11.5 Å². The third-order valence-electron chi connectivity index (χ3n) is 2.62. The topological polar surface area (TPSA) is 64.4 Å². The van der Waals surface area contributed by atoms with Gasteiger partial charge in [0.15, 0.2) is 17.3 Å². The summed E-state index contributed by atoms with van der Waals surface area (Å²) in [7, 11) is 1.52. The zero-order chi connectivity index (χ0) is 14.7. The van der Waals surface area contributed by atoms with Gasteiger partial charge >= 0.3 is 0 Å². The fourth-order valence-corrected chi connectivity index (χ4v) is 1.92. The van der Waals surface area contributed by atoms with Gasteiger partial charge in [-0.3, -0.25) is 4.79 Å². The molecule has 3 N–H and O–H groups in total. The quantitative estimate of drug-likeness (QED) is 0.843. The molecule has 2 aromatic carbocycles. The number of rotatable bonds is 3. The SMILES string of the molecule is CNC(=O)c1ccc(N)c(Oc2ccc(Br)cc2F)c1. The van der Waals surface area contributed by atoms with E-state index in [4.69, 9.17) is 10.5 Å². The molecule has 1 amide bonds. The number of carbonyl (C=O) groups excluding carboxylic acids is 1. The summed E-state index contributed by atoms with van der Waals surface area (Å²) in [6.07, 6.45) is 0. The second-order valence-electron chi connectivity index (χ2n) is 4.01. The Morgan fingerprint density at radius 1 is 1.25 bits per heavy atom. The number of nitrogen functional groups attached to an aromatic ring is 1. The molecule has 0 aliphatic carbocycles. The van der Waals surface area contributed by atoms with Crippen LogP contribution < -0.4 is 15.8 Å². The summed E-state index contributed by atoms with van der Waals surface area (Å²) in [5, 5.41) is 2.50. The fraction of sp³-hybridized carbons (Fsp3) is 0.0714. The second kappa shape index (κ2) is 5.92. The molecule has 0 saturated carbocycles. The van der Waals surface area contributed by atoms with Crippen LogP contribution in [-0.2, 0) is 0 Å². The first-order valence-corrected chi connectivity index (χ1v) is 6.55. The average molecular weight is 339 g/mol. The summed E-state index contributed by atoms with van der Waals surface area (Å²) in [4.78, 5) is 11.6. The van der Waals surface area contributed by atoms with E-state index >= 15 is 0 Å². The van der Waals surface area contributed by atoms with Crippen LogP contribution in [0.4, 0.5) is 10.1 Å². The number of ether oxygens (including phenoxy) is 1. The third kappa shape index (κ3) is 3.08. The summed E-state index contributed by atoms with van der Waals surface area (Å²) in [5.41, 5.74) is 6.47. The Balaban J connectivity index is 2.35. The standard InChI is InChI=1S/C14H12BrFN2O2/c1-18-14(19)8-2-4-11(17)13(6-8)20-12-5-3-9(15)7-10(12)16/h2-7H,17H2,1H3,(H,18,19). The van der Waals surface area contributed by atoms with Crippen molar-refractivity contribution >= 4 is 27.5 Å². The molecule has 2 aromatic rings. The monoisotopic (exact) mass is 338 g/mol. The van der Waals surface area contributed by atoms with Crippen LogP contribution in [0.2, 0.25) is 0 Å². The molecule has 0 atom stereocenters. The Hall–Kier alpha value is -2.08. The van der Waals surface area contributed by atoms with Gasteiger partial charge in [0, 0.05) is 17.1 Å². The highest BCUT2D eigenvalue weighted by Gasteiger charge is 2.11. The maximum atomic E-state index is 13.7. The summed E-state index contributed by atoms with van der Waals surface area (Å²) in [6.45, 7) is 0. The van der Waals surface area contributed by atoms with Crippen LogP contribution in [-0.4, -0.2) is 13.0 Å². The molecule has 0 aliphatic rings. The number of nitrogens with one attached hydrogen (secondary N) is 1. The van der Waals surface area contributed by atoms with Gasteiger partial charge in [0.1, 0.15) is 0 Å². The van der Waals surface area contributed by atoms with Gasteiger partial charge < -0.3 is 15.8 Å². The van der Waals surface area contributed by atoms with E-state index in [-0.39, 0.29) is 17.4 Å². The summed E-state index contributed by atoms with van der Waals surface area (Å²) in [6, 6.07) is 8.99. The highest BCUT2D eigenvalue weighted by atomic mass is 79.9. The van der Waals surface area contributed by atoms with Crippen LogP contribution in [0.15, 0.2) is 40.9 Å². The number of hydrogen-bond acceptors (Lipinski definition) is 3. The van der Waals surface area contributed by atoms with Crippen LogP contribution in [0.1, 0.15) is 10.4 Å². The van der Waals surface area contributed by atoms with Gasteiger partial charge in [-0.1, -0.05) is 15.9 Å². The molecule has 0 heterocycles. The minimum absolute atomic E-state index is 0.0361. The van der Waals surface area contributed by atoms with Crippen LogP contribution in [0.5, 0.6) is 11.5 Å². The van der Waals surface area contributed by atoms with Gasteiger partial charge in [-0.05, 0) is 36.4 Å². The Bertz CT molecular complexity index is 662. The molecule has 0 aromatic heterocycles. The van der Waals surface area contributed by atoms with E-state index in [0.717, 1.165) is 0 Å². The van der Waals surface area contributed by atoms with Gasteiger partial charge in [0.05, 0.1) is 5.69 Å². The van der Waals surface area contributed by atoms with Crippen molar-refractivity contribution in [1.29, 1.82) is 0 Å². The van der Waals surface area contributed by atoms with Gasteiger partial charge in [-0.25, -0.2) is 4.39 Å². The van der Waals surface area contributed by atoms with Crippen LogP contribution >= 0.6 is 15.9 Å².